The lowest BCUT2D eigenvalue weighted by molar-refractivity contribution is 0.110. The van der Waals surface area contributed by atoms with Gasteiger partial charge >= 0.3 is 0 Å². The first-order valence-electron chi connectivity index (χ1n) is 2.11. The first-order chi connectivity index (χ1) is 4.20. The number of carbonyl (C=O) groups is 1. The number of anilines is 1. The van der Waals surface area contributed by atoms with E-state index in [1.165, 1.54) is 11.3 Å². The monoisotopic (exact) mass is 254 g/mol. The van der Waals surface area contributed by atoms with Crippen LogP contribution in [0.3, 0.4) is 0 Å². The lowest BCUT2D eigenvalue weighted by atomic mass is 10.7. The number of aromatic nitrogens is 1. The minimum Gasteiger partial charge on any atom is -0.383 e. The highest BCUT2D eigenvalue weighted by atomic mass is 127. The summed E-state index contributed by atoms with van der Waals surface area (Å²) >= 11 is 2.94. The molecule has 0 atom stereocenters. The van der Waals surface area contributed by atoms with Crippen LogP contribution < -0.4 is 5.73 Å². The van der Waals surface area contributed by atoms with Gasteiger partial charge in [0.15, 0.2) is 5.01 Å². The molecule has 0 fully saturated rings. The Balaban J connectivity index is 2.98. The van der Waals surface area contributed by atoms with Crippen LogP contribution in [0.4, 0.5) is 5.82 Å². The van der Waals surface area contributed by atoms with Crippen LogP contribution in [0.15, 0.2) is 5.38 Å². The molecule has 2 N–H and O–H groups in total. The first kappa shape index (κ1) is 6.94. The third-order valence-electron chi connectivity index (χ3n) is 0.690. The summed E-state index contributed by atoms with van der Waals surface area (Å²) in [6, 6.07) is 0. The van der Waals surface area contributed by atoms with Crippen molar-refractivity contribution < 1.29 is 4.79 Å². The molecule has 1 rings (SSSR count). The smallest absolute Gasteiger partial charge is 0.250 e. The van der Waals surface area contributed by atoms with Gasteiger partial charge in [0, 0.05) is 28.0 Å². The van der Waals surface area contributed by atoms with E-state index in [9.17, 15) is 4.79 Å². The maximum absolute atomic E-state index is 10.5. The molecule has 0 bridgehead atoms. The highest BCUT2D eigenvalue weighted by molar-refractivity contribution is 14.1. The van der Waals surface area contributed by atoms with Gasteiger partial charge in [0.2, 0.25) is 0 Å². The standard InChI is InChI=1S/C4H3IN2OS/c5-3(8)4-7-2(6)1-9-4/h1H,6H2. The van der Waals surface area contributed by atoms with Gasteiger partial charge < -0.3 is 5.73 Å². The van der Waals surface area contributed by atoms with Crippen LogP contribution in [0.25, 0.3) is 0 Å². The third-order valence-corrected chi connectivity index (χ3v) is 2.43. The topological polar surface area (TPSA) is 56.0 Å². The lowest BCUT2D eigenvalue weighted by Crippen LogP contribution is -1.88. The van der Waals surface area contributed by atoms with Gasteiger partial charge in [0.1, 0.15) is 5.82 Å². The third kappa shape index (κ3) is 1.62. The fourth-order valence-electron chi connectivity index (χ4n) is 0.376. The Hall–Kier alpha value is -0.170. The summed E-state index contributed by atoms with van der Waals surface area (Å²) in [5.74, 6) is 0.417. The highest BCUT2D eigenvalue weighted by Gasteiger charge is 2.03. The minimum absolute atomic E-state index is 0.0608. The second-order valence-corrected chi connectivity index (χ2v) is 3.19. The molecule has 0 saturated heterocycles. The van der Waals surface area contributed by atoms with Crippen molar-refractivity contribution in [2.45, 2.75) is 0 Å². The SMILES string of the molecule is Nc1csc(C(=O)I)n1. The largest absolute Gasteiger partial charge is 0.383 e. The molecule has 1 heterocycles. The predicted octanol–water partition coefficient (Wildman–Crippen LogP) is 1.30. The Bertz CT molecular complexity index is 234. The molecule has 3 nitrogen and oxygen atoms in total. The number of halogens is 1. The zero-order valence-corrected chi connectivity index (χ0v) is 7.27. The van der Waals surface area contributed by atoms with Gasteiger partial charge in [-0.3, -0.25) is 4.79 Å². The van der Waals surface area contributed by atoms with Gasteiger partial charge in [-0.15, -0.1) is 11.3 Å². The Morgan fingerprint density at radius 2 is 2.56 bits per heavy atom. The van der Waals surface area contributed by atoms with Crippen molar-refractivity contribution in [1.29, 1.82) is 0 Å². The molecule has 1 aromatic heterocycles. The molecule has 0 radical (unpaired) electrons. The summed E-state index contributed by atoms with van der Waals surface area (Å²) < 4.78 is -0.0608. The Labute approximate surface area is 69.4 Å². The van der Waals surface area contributed by atoms with E-state index in [0.717, 1.165) is 0 Å². The van der Waals surface area contributed by atoms with Crippen LogP contribution in [0.2, 0.25) is 0 Å². The second-order valence-electron chi connectivity index (χ2n) is 1.35. The van der Waals surface area contributed by atoms with E-state index in [0.29, 0.717) is 10.8 Å². The molecule has 0 aliphatic rings. The molecule has 1 aromatic rings. The van der Waals surface area contributed by atoms with Crippen LogP contribution in [-0.2, 0) is 0 Å². The van der Waals surface area contributed by atoms with Crippen molar-refractivity contribution in [2.75, 3.05) is 5.73 Å². The number of nitrogens with two attached hydrogens (primary N) is 1. The number of carbonyl (C=O) groups excluding carboxylic acids is 1. The molecule has 0 saturated carbocycles. The average Bonchev–Trinajstić information content (AvgIpc) is 2.14. The van der Waals surface area contributed by atoms with Gasteiger partial charge in [0.05, 0.1) is 0 Å². The zero-order valence-electron chi connectivity index (χ0n) is 4.30. The van der Waals surface area contributed by atoms with Crippen molar-refractivity contribution in [3.8, 4) is 0 Å². The van der Waals surface area contributed by atoms with Crippen LogP contribution in [0, 0.1) is 0 Å². The van der Waals surface area contributed by atoms with Crippen LogP contribution in [-0.4, -0.2) is 8.77 Å². The van der Waals surface area contributed by atoms with Gasteiger partial charge in [-0.05, 0) is 0 Å². The van der Waals surface area contributed by atoms with Crippen LogP contribution in [0.5, 0.6) is 0 Å². The number of hydrogen-bond acceptors (Lipinski definition) is 4. The molecular formula is C4H3IN2OS. The van der Waals surface area contributed by atoms with Gasteiger partial charge in [-0.25, -0.2) is 4.98 Å². The second kappa shape index (κ2) is 2.61. The quantitative estimate of drug-likeness (QED) is 0.607. The molecule has 0 amide bonds. The Morgan fingerprint density at radius 1 is 1.89 bits per heavy atom. The number of hydrogen-bond donors (Lipinski definition) is 1. The van der Waals surface area contributed by atoms with Crippen LogP contribution in [0.1, 0.15) is 9.80 Å². The van der Waals surface area contributed by atoms with Crippen molar-refractivity contribution in [1.82, 2.24) is 4.98 Å². The summed E-state index contributed by atoms with van der Waals surface area (Å²) in [4.78, 5) is 14.3. The number of thiazole rings is 1. The average molecular weight is 254 g/mol. The molecule has 0 unspecified atom stereocenters. The summed E-state index contributed by atoms with van der Waals surface area (Å²) in [6.07, 6.45) is 0. The summed E-state index contributed by atoms with van der Waals surface area (Å²) in [5, 5.41) is 2.11. The van der Waals surface area contributed by atoms with Crippen molar-refractivity contribution in [3.63, 3.8) is 0 Å². The van der Waals surface area contributed by atoms with Crippen molar-refractivity contribution >= 4 is 43.5 Å². The van der Waals surface area contributed by atoms with E-state index in [1.54, 1.807) is 28.0 Å². The molecule has 0 aromatic carbocycles. The normalized spacial score (nSPS) is 9.44. The van der Waals surface area contributed by atoms with Gasteiger partial charge in [0.25, 0.3) is 3.79 Å². The number of nitrogens with zero attached hydrogens (tertiary/aromatic N) is 1. The number of rotatable bonds is 1. The van der Waals surface area contributed by atoms with E-state index < -0.39 is 0 Å². The molecule has 0 aliphatic heterocycles. The highest BCUT2D eigenvalue weighted by Crippen LogP contribution is 2.13. The lowest BCUT2D eigenvalue weighted by Gasteiger charge is -1.78. The fraction of sp³-hybridized carbons (Fsp3) is 0. The van der Waals surface area contributed by atoms with E-state index in [-0.39, 0.29) is 3.79 Å². The van der Waals surface area contributed by atoms with E-state index in [4.69, 9.17) is 5.73 Å². The number of nitrogen functional groups attached to an aromatic ring is 1. The minimum atomic E-state index is -0.0608. The Kier molecular flexibility index (Phi) is 2.01. The van der Waals surface area contributed by atoms with Crippen molar-refractivity contribution in [3.05, 3.63) is 10.4 Å². The molecule has 9 heavy (non-hydrogen) atoms. The van der Waals surface area contributed by atoms with E-state index in [1.807, 2.05) is 0 Å². The summed E-state index contributed by atoms with van der Waals surface area (Å²) in [7, 11) is 0. The van der Waals surface area contributed by atoms with Gasteiger partial charge in [-0.2, -0.15) is 0 Å². The molecule has 48 valence electrons. The zero-order chi connectivity index (χ0) is 6.85. The summed E-state index contributed by atoms with van der Waals surface area (Å²) in [5.41, 5.74) is 5.26. The van der Waals surface area contributed by atoms with Crippen molar-refractivity contribution in [2.24, 2.45) is 0 Å². The first-order valence-corrected chi connectivity index (χ1v) is 4.07. The molecule has 0 aliphatic carbocycles. The Morgan fingerprint density at radius 3 is 2.78 bits per heavy atom. The summed E-state index contributed by atoms with van der Waals surface area (Å²) in [6.45, 7) is 0. The van der Waals surface area contributed by atoms with E-state index in [2.05, 4.69) is 4.98 Å². The van der Waals surface area contributed by atoms with E-state index >= 15 is 0 Å². The predicted molar refractivity (Wildman–Crippen MR) is 44.9 cm³/mol. The molecular weight excluding hydrogens is 251 g/mol. The molecule has 5 heteroatoms. The fourth-order valence-corrected chi connectivity index (χ4v) is 1.41. The van der Waals surface area contributed by atoms with Gasteiger partial charge in [-0.1, -0.05) is 0 Å². The van der Waals surface area contributed by atoms with Crippen LogP contribution >= 0.6 is 33.9 Å². The maximum atomic E-state index is 10.5. The maximum Gasteiger partial charge on any atom is 0.250 e. The molecule has 0 spiro atoms.